The molecule has 0 saturated heterocycles. The molecule has 124 valence electrons. The van der Waals surface area contributed by atoms with Gasteiger partial charge in [-0.05, 0) is 19.5 Å². The summed E-state index contributed by atoms with van der Waals surface area (Å²) in [5.74, 6) is -0.676. The highest BCUT2D eigenvalue weighted by Crippen LogP contribution is 2.12. The number of likely N-dealkylation sites (N-methyl/N-ethyl adjacent to an activating group) is 1. The van der Waals surface area contributed by atoms with Crippen LogP contribution in [0.2, 0.25) is 0 Å². The number of imide groups is 1. The Labute approximate surface area is 125 Å². The topological polar surface area (TPSA) is 74.6 Å². The normalized spacial score (nSPS) is 13.0. The van der Waals surface area contributed by atoms with E-state index in [0.717, 1.165) is 5.56 Å². The first kappa shape index (κ1) is 18.0. The monoisotopic (exact) mass is 321 g/mol. The number of furan rings is 1. The lowest BCUT2D eigenvalue weighted by atomic mass is 10.2. The Morgan fingerprint density at radius 2 is 2.09 bits per heavy atom. The van der Waals surface area contributed by atoms with Crippen LogP contribution in [-0.4, -0.2) is 42.1 Å². The molecule has 3 amide bonds. The van der Waals surface area contributed by atoms with Crippen molar-refractivity contribution >= 4 is 11.9 Å². The number of carbonyl (C=O) groups is 2. The maximum Gasteiger partial charge on any atom is 0.405 e. The number of amides is 3. The van der Waals surface area contributed by atoms with E-state index in [1.807, 2.05) is 12.2 Å². The Bertz CT molecular complexity index is 488. The molecule has 2 N–H and O–H groups in total. The van der Waals surface area contributed by atoms with Gasteiger partial charge in [-0.1, -0.05) is 6.92 Å². The highest BCUT2D eigenvalue weighted by Gasteiger charge is 2.28. The SMILES string of the molecule is CCN(Cc1ccoc1)C(C)C(=O)NC(=O)NCC(F)(F)F. The summed E-state index contributed by atoms with van der Waals surface area (Å²) in [6, 6.07) is -0.117. The summed E-state index contributed by atoms with van der Waals surface area (Å²) in [6.07, 6.45) is -1.50. The van der Waals surface area contributed by atoms with E-state index in [1.54, 1.807) is 23.2 Å². The van der Waals surface area contributed by atoms with E-state index in [0.29, 0.717) is 13.1 Å². The van der Waals surface area contributed by atoms with Gasteiger partial charge in [0, 0.05) is 12.1 Å². The van der Waals surface area contributed by atoms with Gasteiger partial charge in [0.1, 0.15) is 6.54 Å². The first-order valence-electron chi connectivity index (χ1n) is 6.63. The third kappa shape index (κ3) is 6.17. The molecule has 0 aliphatic carbocycles. The number of nitrogens with zero attached hydrogens (tertiary/aromatic N) is 1. The lowest BCUT2D eigenvalue weighted by molar-refractivity contribution is -0.127. The molecule has 1 heterocycles. The molecule has 1 aromatic rings. The standard InChI is InChI=1S/C13H18F3N3O3/c1-3-19(6-10-4-5-22-7-10)9(2)11(20)18-12(21)17-8-13(14,15)16/h4-5,7,9H,3,6,8H2,1-2H3,(H2,17,18,20,21). The van der Waals surface area contributed by atoms with Gasteiger partial charge in [-0.15, -0.1) is 0 Å². The average molecular weight is 321 g/mol. The maximum atomic E-state index is 12.0. The molecule has 6 nitrogen and oxygen atoms in total. The Morgan fingerprint density at radius 1 is 1.41 bits per heavy atom. The molecule has 0 aliphatic heterocycles. The summed E-state index contributed by atoms with van der Waals surface area (Å²) < 4.78 is 40.8. The molecule has 1 unspecified atom stereocenters. The number of halogens is 3. The number of urea groups is 1. The summed E-state index contributed by atoms with van der Waals surface area (Å²) in [4.78, 5) is 24.9. The van der Waals surface area contributed by atoms with Crippen LogP contribution in [-0.2, 0) is 11.3 Å². The Hall–Kier alpha value is -2.03. The second kappa shape index (κ2) is 7.83. The van der Waals surface area contributed by atoms with Gasteiger partial charge in [-0.25, -0.2) is 4.79 Å². The number of hydrogen-bond acceptors (Lipinski definition) is 4. The lowest BCUT2D eigenvalue weighted by Crippen LogP contribution is -2.50. The number of hydrogen-bond donors (Lipinski definition) is 2. The van der Waals surface area contributed by atoms with Crippen LogP contribution in [0.4, 0.5) is 18.0 Å². The molecule has 0 aliphatic rings. The molecule has 0 spiro atoms. The van der Waals surface area contributed by atoms with Crippen LogP contribution in [0.25, 0.3) is 0 Å². The molecule has 1 aromatic heterocycles. The van der Waals surface area contributed by atoms with E-state index in [-0.39, 0.29) is 0 Å². The van der Waals surface area contributed by atoms with Crippen LogP contribution in [0.5, 0.6) is 0 Å². The maximum absolute atomic E-state index is 12.0. The van der Waals surface area contributed by atoms with Crippen molar-refractivity contribution in [2.24, 2.45) is 0 Å². The second-order valence-corrected chi connectivity index (χ2v) is 4.66. The first-order valence-corrected chi connectivity index (χ1v) is 6.63. The number of carbonyl (C=O) groups excluding carboxylic acids is 2. The van der Waals surface area contributed by atoms with Crippen molar-refractivity contribution in [3.05, 3.63) is 24.2 Å². The number of rotatable bonds is 6. The van der Waals surface area contributed by atoms with Gasteiger partial charge in [-0.2, -0.15) is 13.2 Å². The minimum atomic E-state index is -4.53. The van der Waals surface area contributed by atoms with Crippen LogP contribution in [0.1, 0.15) is 19.4 Å². The van der Waals surface area contributed by atoms with Gasteiger partial charge in [0.25, 0.3) is 0 Å². The lowest BCUT2D eigenvalue weighted by Gasteiger charge is -2.26. The van der Waals surface area contributed by atoms with E-state index in [4.69, 9.17) is 4.42 Å². The largest absolute Gasteiger partial charge is 0.472 e. The fraction of sp³-hybridized carbons (Fsp3) is 0.538. The van der Waals surface area contributed by atoms with Crippen molar-refractivity contribution in [1.82, 2.24) is 15.5 Å². The molecule has 1 rings (SSSR count). The van der Waals surface area contributed by atoms with Gasteiger partial charge in [-0.3, -0.25) is 15.0 Å². The van der Waals surface area contributed by atoms with Crippen LogP contribution < -0.4 is 10.6 Å². The summed E-state index contributed by atoms with van der Waals surface area (Å²) in [6.45, 7) is 2.84. The molecular weight excluding hydrogens is 303 g/mol. The molecule has 9 heteroatoms. The number of alkyl halides is 3. The molecule has 0 saturated carbocycles. The molecule has 0 radical (unpaired) electrons. The number of nitrogens with one attached hydrogen (secondary N) is 2. The van der Waals surface area contributed by atoms with Crippen molar-refractivity contribution < 1.29 is 27.2 Å². The smallest absolute Gasteiger partial charge is 0.405 e. The van der Waals surface area contributed by atoms with E-state index >= 15 is 0 Å². The van der Waals surface area contributed by atoms with Crippen molar-refractivity contribution in [3.8, 4) is 0 Å². The van der Waals surface area contributed by atoms with Gasteiger partial charge in [0.15, 0.2) is 0 Å². The zero-order chi connectivity index (χ0) is 16.8. The Balaban J connectivity index is 2.50. The molecule has 22 heavy (non-hydrogen) atoms. The highest BCUT2D eigenvalue weighted by molar-refractivity contribution is 5.96. The Morgan fingerprint density at radius 3 is 2.59 bits per heavy atom. The van der Waals surface area contributed by atoms with E-state index in [1.165, 1.54) is 12.5 Å². The van der Waals surface area contributed by atoms with Crippen molar-refractivity contribution in [2.75, 3.05) is 13.1 Å². The summed E-state index contributed by atoms with van der Waals surface area (Å²) in [5.41, 5.74) is 0.850. The molecule has 1 atom stereocenters. The summed E-state index contributed by atoms with van der Waals surface area (Å²) in [7, 11) is 0. The molecular formula is C13H18F3N3O3. The Kier molecular flexibility index (Phi) is 6.41. The predicted octanol–water partition coefficient (Wildman–Crippen LogP) is 1.88. The summed E-state index contributed by atoms with van der Waals surface area (Å²) in [5, 5.41) is 3.47. The third-order valence-electron chi connectivity index (χ3n) is 2.99. The summed E-state index contributed by atoms with van der Waals surface area (Å²) >= 11 is 0. The second-order valence-electron chi connectivity index (χ2n) is 4.66. The fourth-order valence-corrected chi connectivity index (χ4v) is 1.75. The molecule has 0 fully saturated rings. The van der Waals surface area contributed by atoms with Crippen LogP contribution in [0.3, 0.4) is 0 Å². The van der Waals surface area contributed by atoms with Crippen molar-refractivity contribution in [2.45, 2.75) is 32.6 Å². The third-order valence-corrected chi connectivity index (χ3v) is 2.99. The zero-order valence-electron chi connectivity index (χ0n) is 12.2. The van der Waals surface area contributed by atoms with Crippen molar-refractivity contribution in [3.63, 3.8) is 0 Å². The van der Waals surface area contributed by atoms with Crippen molar-refractivity contribution in [1.29, 1.82) is 0 Å². The van der Waals surface area contributed by atoms with Gasteiger partial charge in [0.05, 0.1) is 18.6 Å². The van der Waals surface area contributed by atoms with Gasteiger partial charge in [0.2, 0.25) is 5.91 Å². The average Bonchev–Trinajstić information content (AvgIpc) is 2.94. The zero-order valence-corrected chi connectivity index (χ0v) is 12.2. The highest BCUT2D eigenvalue weighted by atomic mass is 19.4. The predicted molar refractivity (Wildman–Crippen MR) is 71.9 cm³/mol. The van der Waals surface area contributed by atoms with Crippen LogP contribution in [0.15, 0.2) is 23.0 Å². The minimum absolute atomic E-state index is 0.422. The van der Waals surface area contributed by atoms with E-state index in [2.05, 4.69) is 0 Å². The molecule has 0 bridgehead atoms. The van der Waals surface area contributed by atoms with E-state index in [9.17, 15) is 22.8 Å². The van der Waals surface area contributed by atoms with E-state index < -0.39 is 30.7 Å². The van der Waals surface area contributed by atoms with Gasteiger partial charge < -0.3 is 9.73 Å². The van der Waals surface area contributed by atoms with Crippen LogP contribution in [0, 0.1) is 0 Å². The molecule has 0 aromatic carbocycles. The fourth-order valence-electron chi connectivity index (χ4n) is 1.75. The van der Waals surface area contributed by atoms with Crippen LogP contribution >= 0.6 is 0 Å². The quantitative estimate of drug-likeness (QED) is 0.839. The first-order chi connectivity index (χ1) is 10.2. The van der Waals surface area contributed by atoms with Gasteiger partial charge >= 0.3 is 12.2 Å². The minimum Gasteiger partial charge on any atom is -0.472 e.